The fourth-order valence-corrected chi connectivity index (χ4v) is 3.85. The fraction of sp³-hybridized carbons (Fsp3) is 0.280. The SMILES string of the molecule is COc1cc2c(cc1OC)[C@@H](Cc1ccc(OCc3ccccc3)cc1)NCC2. The summed E-state index contributed by atoms with van der Waals surface area (Å²) in [6, 6.07) is 23.1. The van der Waals surface area contributed by atoms with Gasteiger partial charge in [-0.3, -0.25) is 0 Å². The third kappa shape index (κ3) is 4.54. The van der Waals surface area contributed by atoms with Gasteiger partial charge in [0, 0.05) is 6.04 Å². The van der Waals surface area contributed by atoms with E-state index in [1.807, 2.05) is 18.2 Å². The zero-order valence-electron chi connectivity index (χ0n) is 17.0. The molecule has 3 aromatic carbocycles. The molecule has 0 aromatic heterocycles. The standard InChI is InChI=1S/C25H27NO3/c1-27-24-15-20-12-13-26-23(22(20)16-25(24)28-2)14-18-8-10-21(11-9-18)29-17-19-6-4-3-5-7-19/h3-11,15-16,23,26H,12-14,17H2,1-2H3/t23-/m1/s1. The Morgan fingerprint density at radius 1 is 0.862 bits per heavy atom. The predicted octanol–water partition coefficient (Wildman–Crippen LogP) is 4.71. The Balaban J connectivity index is 1.45. The Morgan fingerprint density at radius 2 is 1.59 bits per heavy atom. The van der Waals surface area contributed by atoms with Crippen molar-refractivity contribution in [3.8, 4) is 17.2 Å². The van der Waals surface area contributed by atoms with Gasteiger partial charge in [-0.2, -0.15) is 0 Å². The van der Waals surface area contributed by atoms with Crippen LogP contribution in [0.5, 0.6) is 17.2 Å². The maximum atomic E-state index is 5.90. The normalized spacial score (nSPS) is 15.4. The second kappa shape index (κ2) is 9.01. The van der Waals surface area contributed by atoms with Gasteiger partial charge in [-0.1, -0.05) is 42.5 Å². The monoisotopic (exact) mass is 389 g/mol. The molecule has 29 heavy (non-hydrogen) atoms. The van der Waals surface area contributed by atoms with Crippen molar-refractivity contribution in [3.05, 3.63) is 89.0 Å². The molecule has 0 spiro atoms. The molecule has 0 amide bonds. The van der Waals surface area contributed by atoms with Crippen molar-refractivity contribution in [1.29, 1.82) is 0 Å². The first kappa shape index (κ1) is 19.3. The highest BCUT2D eigenvalue weighted by atomic mass is 16.5. The second-order valence-corrected chi connectivity index (χ2v) is 7.29. The molecular weight excluding hydrogens is 362 g/mol. The molecule has 0 unspecified atom stereocenters. The molecule has 0 fully saturated rings. The van der Waals surface area contributed by atoms with E-state index in [9.17, 15) is 0 Å². The van der Waals surface area contributed by atoms with Crippen LogP contribution in [0.25, 0.3) is 0 Å². The Bertz CT molecular complexity index is 938. The third-order valence-corrected chi connectivity index (χ3v) is 5.42. The molecule has 4 heteroatoms. The van der Waals surface area contributed by atoms with Crippen molar-refractivity contribution in [2.45, 2.75) is 25.5 Å². The van der Waals surface area contributed by atoms with Gasteiger partial charge in [-0.05, 0) is 65.9 Å². The van der Waals surface area contributed by atoms with E-state index in [0.717, 1.165) is 36.6 Å². The van der Waals surface area contributed by atoms with Gasteiger partial charge in [0.25, 0.3) is 0 Å². The molecule has 4 rings (SSSR count). The van der Waals surface area contributed by atoms with E-state index in [1.165, 1.54) is 22.3 Å². The first-order valence-corrected chi connectivity index (χ1v) is 10.0. The Kier molecular flexibility index (Phi) is 6.01. The average Bonchev–Trinajstić information content (AvgIpc) is 2.78. The summed E-state index contributed by atoms with van der Waals surface area (Å²) in [5.74, 6) is 2.47. The van der Waals surface area contributed by atoms with Gasteiger partial charge in [-0.25, -0.2) is 0 Å². The number of methoxy groups -OCH3 is 2. The molecule has 1 atom stereocenters. The van der Waals surface area contributed by atoms with E-state index in [2.05, 4.69) is 53.8 Å². The van der Waals surface area contributed by atoms with Crippen molar-refractivity contribution in [1.82, 2.24) is 5.32 Å². The van der Waals surface area contributed by atoms with Crippen molar-refractivity contribution >= 4 is 0 Å². The molecule has 0 aliphatic carbocycles. The van der Waals surface area contributed by atoms with Gasteiger partial charge in [-0.15, -0.1) is 0 Å². The fourth-order valence-electron chi connectivity index (χ4n) is 3.85. The van der Waals surface area contributed by atoms with Crippen LogP contribution in [0.4, 0.5) is 0 Å². The summed E-state index contributed by atoms with van der Waals surface area (Å²) in [6.45, 7) is 1.55. The lowest BCUT2D eigenvalue weighted by atomic mass is 9.90. The minimum atomic E-state index is 0.259. The molecule has 4 nitrogen and oxygen atoms in total. The zero-order chi connectivity index (χ0) is 20.1. The molecule has 0 saturated carbocycles. The third-order valence-electron chi connectivity index (χ3n) is 5.42. The number of fused-ring (bicyclic) bond motifs is 1. The largest absolute Gasteiger partial charge is 0.493 e. The Labute approximate surface area is 172 Å². The zero-order valence-corrected chi connectivity index (χ0v) is 17.0. The highest BCUT2D eigenvalue weighted by molar-refractivity contribution is 5.49. The van der Waals surface area contributed by atoms with E-state index in [-0.39, 0.29) is 6.04 Å². The van der Waals surface area contributed by atoms with Crippen molar-refractivity contribution < 1.29 is 14.2 Å². The van der Waals surface area contributed by atoms with E-state index >= 15 is 0 Å². The summed E-state index contributed by atoms with van der Waals surface area (Å²) < 4.78 is 16.9. The maximum absolute atomic E-state index is 5.90. The lowest BCUT2D eigenvalue weighted by Gasteiger charge is -2.28. The quantitative estimate of drug-likeness (QED) is 0.635. The molecule has 0 radical (unpaired) electrons. The minimum absolute atomic E-state index is 0.259. The van der Waals surface area contributed by atoms with Crippen molar-refractivity contribution in [3.63, 3.8) is 0 Å². The van der Waals surface area contributed by atoms with Crippen LogP contribution < -0.4 is 19.5 Å². The summed E-state index contributed by atoms with van der Waals surface area (Å²) >= 11 is 0. The molecule has 0 bridgehead atoms. The van der Waals surface area contributed by atoms with E-state index in [0.29, 0.717) is 6.61 Å². The highest BCUT2D eigenvalue weighted by Crippen LogP contribution is 2.36. The Hall–Kier alpha value is -2.98. The van der Waals surface area contributed by atoms with E-state index < -0.39 is 0 Å². The van der Waals surface area contributed by atoms with Crippen molar-refractivity contribution in [2.75, 3.05) is 20.8 Å². The van der Waals surface area contributed by atoms with Crippen LogP contribution in [0, 0.1) is 0 Å². The minimum Gasteiger partial charge on any atom is -0.493 e. The highest BCUT2D eigenvalue weighted by Gasteiger charge is 2.22. The molecule has 3 aromatic rings. The Morgan fingerprint density at radius 3 is 2.31 bits per heavy atom. The lowest BCUT2D eigenvalue weighted by molar-refractivity contribution is 0.306. The molecular formula is C25H27NO3. The summed E-state index contributed by atoms with van der Waals surface area (Å²) in [6.07, 6.45) is 1.92. The number of hydrogen-bond acceptors (Lipinski definition) is 4. The first-order valence-electron chi connectivity index (χ1n) is 10.0. The summed E-state index contributed by atoms with van der Waals surface area (Å²) in [4.78, 5) is 0. The molecule has 1 aliphatic rings. The molecule has 1 N–H and O–H groups in total. The lowest BCUT2D eigenvalue weighted by Crippen LogP contribution is -2.31. The van der Waals surface area contributed by atoms with Crippen LogP contribution in [0.3, 0.4) is 0 Å². The van der Waals surface area contributed by atoms with Crippen LogP contribution >= 0.6 is 0 Å². The van der Waals surface area contributed by atoms with Gasteiger partial charge in [0.05, 0.1) is 14.2 Å². The molecule has 1 aliphatic heterocycles. The number of rotatable bonds is 7. The molecule has 150 valence electrons. The van der Waals surface area contributed by atoms with Gasteiger partial charge in [0.15, 0.2) is 11.5 Å². The van der Waals surface area contributed by atoms with Gasteiger partial charge in [0.2, 0.25) is 0 Å². The first-order chi connectivity index (χ1) is 14.3. The summed E-state index contributed by atoms with van der Waals surface area (Å²) in [7, 11) is 3.37. The van der Waals surface area contributed by atoms with Gasteiger partial charge in [0.1, 0.15) is 12.4 Å². The average molecular weight is 389 g/mol. The topological polar surface area (TPSA) is 39.7 Å². The predicted molar refractivity (Wildman–Crippen MR) is 115 cm³/mol. The van der Waals surface area contributed by atoms with Crippen LogP contribution in [0.2, 0.25) is 0 Å². The van der Waals surface area contributed by atoms with Gasteiger partial charge < -0.3 is 19.5 Å². The number of benzene rings is 3. The van der Waals surface area contributed by atoms with E-state index in [4.69, 9.17) is 14.2 Å². The second-order valence-electron chi connectivity index (χ2n) is 7.29. The number of hydrogen-bond donors (Lipinski definition) is 1. The van der Waals surface area contributed by atoms with Crippen LogP contribution in [0.1, 0.15) is 28.3 Å². The van der Waals surface area contributed by atoms with Crippen LogP contribution in [-0.4, -0.2) is 20.8 Å². The summed E-state index contributed by atoms with van der Waals surface area (Å²) in [5, 5.41) is 3.65. The smallest absolute Gasteiger partial charge is 0.161 e. The number of nitrogens with one attached hydrogen (secondary N) is 1. The molecule has 1 heterocycles. The molecule has 0 saturated heterocycles. The van der Waals surface area contributed by atoms with Gasteiger partial charge >= 0.3 is 0 Å². The van der Waals surface area contributed by atoms with Crippen LogP contribution in [0.15, 0.2) is 66.7 Å². The summed E-state index contributed by atoms with van der Waals surface area (Å²) in [5.41, 5.74) is 5.06. The van der Waals surface area contributed by atoms with Crippen molar-refractivity contribution in [2.24, 2.45) is 0 Å². The van der Waals surface area contributed by atoms with E-state index in [1.54, 1.807) is 14.2 Å². The number of ether oxygens (including phenoxy) is 3. The maximum Gasteiger partial charge on any atom is 0.161 e. The van der Waals surface area contributed by atoms with Crippen LogP contribution in [-0.2, 0) is 19.4 Å².